The molecule has 0 bridgehead atoms. The maximum Gasteiger partial charge on any atom is 0.416 e. The summed E-state index contributed by atoms with van der Waals surface area (Å²) in [6, 6.07) is 12.4. The normalized spacial score (nSPS) is 12.8. The minimum Gasteiger partial charge on any atom is -0.420 e. The van der Waals surface area contributed by atoms with Crippen LogP contribution in [0.1, 0.15) is 34.3 Å². The van der Waals surface area contributed by atoms with Crippen LogP contribution >= 0.6 is 0 Å². The molecular formula is C23H20F4N4O. The summed E-state index contributed by atoms with van der Waals surface area (Å²) in [7, 11) is 3.60. The van der Waals surface area contributed by atoms with Crippen molar-refractivity contribution in [2.75, 3.05) is 26.0 Å². The van der Waals surface area contributed by atoms with E-state index in [4.69, 9.17) is 4.42 Å². The average Bonchev–Trinajstić information content (AvgIpc) is 3.15. The minimum absolute atomic E-state index is 0.0497. The average molecular weight is 444 g/mol. The molecule has 0 aliphatic heterocycles. The van der Waals surface area contributed by atoms with Crippen LogP contribution in [0.5, 0.6) is 0 Å². The number of alkyl halides is 3. The van der Waals surface area contributed by atoms with E-state index >= 15 is 0 Å². The predicted molar refractivity (Wildman–Crippen MR) is 113 cm³/mol. The molecule has 0 saturated carbocycles. The smallest absolute Gasteiger partial charge is 0.416 e. The maximum absolute atomic E-state index is 13.0. The second-order valence-corrected chi connectivity index (χ2v) is 7.21. The number of halogens is 4. The maximum atomic E-state index is 13.0. The van der Waals surface area contributed by atoms with Gasteiger partial charge in [-0.1, -0.05) is 24.3 Å². The quantitative estimate of drug-likeness (QED) is 0.482. The van der Waals surface area contributed by atoms with Gasteiger partial charge in [-0.15, -0.1) is 0 Å². The molecule has 0 aliphatic carbocycles. The van der Waals surface area contributed by atoms with Gasteiger partial charge in [0, 0.05) is 12.6 Å². The lowest BCUT2D eigenvalue weighted by atomic mass is 10.0. The number of nitriles is 1. The molecule has 1 N–H and O–H groups in total. The fourth-order valence-electron chi connectivity index (χ4n) is 3.03. The molecule has 0 aliphatic rings. The largest absolute Gasteiger partial charge is 0.420 e. The first-order valence-electron chi connectivity index (χ1n) is 9.59. The van der Waals surface area contributed by atoms with Gasteiger partial charge < -0.3 is 14.6 Å². The molecule has 0 amide bonds. The Kier molecular flexibility index (Phi) is 6.95. The molecule has 0 radical (unpaired) electrons. The van der Waals surface area contributed by atoms with Crippen LogP contribution in [-0.2, 0) is 6.18 Å². The van der Waals surface area contributed by atoms with Crippen molar-refractivity contribution < 1.29 is 22.0 Å². The Hall–Kier alpha value is -3.64. The number of oxazole rings is 1. The van der Waals surface area contributed by atoms with Gasteiger partial charge in [-0.3, -0.25) is 0 Å². The van der Waals surface area contributed by atoms with Crippen molar-refractivity contribution in [1.29, 1.82) is 5.26 Å². The number of hydrogen-bond acceptors (Lipinski definition) is 5. The number of likely N-dealkylation sites (N-methyl/N-ethyl adjacent to an activating group) is 1. The van der Waals surface area contributed by atoms with E-state index < -0.39 is 11.7 Å². The van der Waals surface area contributed by atoms with E-state index in [2.05, 4.69) is 10.3 Å². The van der Waals surface area contributed by atoms with Gasteiger partial charge in [-0.05, 0) is 55.6 Å². The Labute approximate surface area is 182 Å². The van der Waals surface area contributed by atoms with Crippen LogP contribution in [0.15, 0.2) is 52.9 Å². The Balaban J connectivity index is 1.74. The van der Waals surface area contributed by atoms with E-state index in [9.17, 15) is 22.8 Å². The second-order valence-electron chi connectivity index (χ2n) is 7.21. The van der Waals surface area contributed by atoms with Crippen molar-refractivity contribution in [2.24, 2.45) is 0 Å². The molecule has 1 aromatic heterocycles. The molecule has 3 rings (SSSR count). The van der Waals surface area contributed by atoms with E-state index in [1.807, 2.05) is 11.0 Å². The molecule has 2 aromatic carbocycles. The molecule has 0 spiro atoms. The summed E-state index contributed by atoms with van der Waals surface area (Å²) < 4.78 is 57.1. The van der Waals surface area contributed by atoms with E-state index in [0.717, 1.165) is 17.7 Å². The van der Waals surface area contributed by atoms with E-state index in [1.165, 1.54) is 24.3 Å². The van der Waals surface area contributed by atoms with Crippen molar-refractivity contribution in [2.45, 2.75) is 12.2 Å². The number of hydrogen-bond donors (Lipinski definition) is 1. The lowest BCUT2D eigenvalue weighted by Gasteiger charge is -2.25. The van der Waals surface area contributed by atoms with Crippen molar-refractivity contribution in [3.8, 4) is 6.07 Å². The molecule has 5 nitrogen and oxygen atoms in total. The summed E-state index contributed by atoms with van der Waals surface area (Å²) in [5, 5.41) is 12.4. The fourth-order valence-corrected chi connectivity index (χ4v) is 3.03. The lowest BCUT2D eigenvalue weighted by Crippen LogP contribution is -2.27. The second kappa shape index (κ2) is 9.66. The highest BCUT2D eigenvalue weighted by molar-refractivity contribution is 5.67. The zero-order chi connectivity index (χ0) is 23.3. The molecule has 9 heteroatoms. The van der Waals surface area contributed by atoms with Crippen LogP contribution in [-0.4, -0.2) is 30.5 Å². The van der Waals surface area contributed by atoms with Crippen molar-refractivity contribution in [3.05, 3.63) is 82.6 Å². The van der Waals surface area contributed by atoms with Gasteiger partial charge in [-0.2, -0.15) is 23.4 Å². The highest BCUT2D eigenvalue weighted by Crippen LogP contribution is 2.31. The zero-order valence-corrected chi connectivity index (χ0v) is 17.3. The molecule has 0 fully saturated rings. The number of nitrogens with one attached hydrogen (secondary N) is 1. The monoisotopic (exact) mass is 444 g/mol. The van der Waals surface area contributed by atoms with Crippen molar-refractivity contribution in [3.63, 3.8) is 0 Å². The standard InChI is InChI=1S/C23H20F4N4O/c1-31(2)20(16-6-8-17(9-7-16)23(25,26)27)14-29-22-19(13-28)30-21(32-22)12-5-15-3-10-18(24)11-4-15/h3-12,20,29H,14H2,1-2H3. The SMILES string of the molecule is CN(C)C(CNc1oc(C=Cc2ccc(F)cc2)nc1C#N)c1ccc(C(F)(F)F)cc1. The first kappa shape index (κ1) is 23.0. The van der Waals surface area contributed by atoms with Gasteiger partial charge in [0.25, 0.3) is 0 Å². The van der Waals surface area contributed by atoms with Gasteiger partial charge in [0.15, 0.2) is 0 Å². The molecule has 0 saturated heterocycles. The Morgan fingerprint density at radius 1 is 1.09 bits per heavy atom. The third kappa shape index (κ3) is 5.74. The molecular weight excluding hydrogens is 424 g/mol. The molecule has 166 valence electrons. The van der Waals surface area contributed by atoms with Gasteiger partial charge in [-0.25, -0.2) is 4.39 Å². The van der Waals surface area contributed by atoms with Crippen LogP contribution < -0.4 is 5.32 Å². The summed E-state index contributed by atoms with van der Waals surface area (Å²) in [6.07, 6.45) is -1.18. The molecule has 32 heavy (non-hydrogen) atoms. The Morgan fingerprint density at radius 3 is 2.31 bits per heavy atom. The van der Waals surface area contributed by atoms with Crippen LogP contribution in [0.3, 0.4) is 0 Å². The highest BCUT2D eigenvalue weighted by Gasteiger charge is 2.30. The molecule has 3 aromatic rings. The zero-order valence-electron chi connectivity index (χ0n) is 17.3. The molecule has 1 heterocycles. The highest BCUT2D eigenvalue weighted by atomic mass is 19.4. The first-order chi connectivity index (χ1) is 15.2. The lowest BCUT2D eigenvalue weighted by molar-refractivity contribution is -0.137. The topological polar surface area (TPSA) is 65.1 Å². The van der Waals surface area contributed by atoms with Crippen LogP contribution in [0.25, 0.3) is 12.2 Å². The van der Waals surface area contributed by atoms with E-state index in [0.29, 0.717) is 5.56 Å². The number of anilines is 1. The van der Waals surface area contributed by atoms with Crippen molar-refractivity contribution >= 4 is 18.0 Å². The molecule has 1 unspecified atom stereocenters. The minimum atomic E-state index is -4.40. The summed E-state index contributed by atoms with van der Waals surface area (Å²) in [4.78, 5) is 5.95. The number of nitrogens with zero attached hydrogens (tertiary/aromatic N) is 3. The predicted octanol–water partition coefficient (Wildman–Crippen LogP) is 5.59. The third-order valence-electron chi connectivity index (χ3n) is 4.74. The van der Waals surface area contributed by atoms with Crippen LogP contribution in [0.4, 0.5) is 23.4 Å². The fraction of sp³-hybridized carbons (Fsp3) is 0.217. The van der Waals surface area contributed by atoms with Gasteiger partial charge >= 0.3 is 6.18 Å². The number of rotatable bonds is 7. The molecule has 1 atom stereocenters. The third-order valence-corrected chi connectivity index (χ3v) is 4.74. The summed E-state index contributed by atoms with van der Waals surface area (Å²) in [5.74, 6) is -0.00524. The van der Waals surface area contributed by atoms with Crippen LogP contribution in [0, 0.1) is 17.1 Å². The van der Waals surface area contributed by atoms with Crippen molar-refractivity contribution in [1.82, 2.24) is 9.88 Å². The van der Waals surface area contributed by atoms with E-state index in [1.54, 1.807) is 38.4 Å². The number of aromatic nitrogens is 1. The van der Waals surface area contributed by atoms with Crippen LogP contribution in [0.2, 0.25) is 0 Å². The van der Waals surface area contributed by atoms with E-state index in [-0.39, 0.29) is 35.9 Å². The summed E-state index contributed by atoms with van der Waals surface area (Å²) in [5.41, 5.74) is 0.734. The Morgan fingerprint density at radius 2 is 1.75 bits per heavy atom. The Bertz CT molecular complexity index is 1110. The van der Waals surface area contributed by atoms with Gasteiger partial charge in [0.1, 0.15) is 11.9 Å². The number of benzene rings is 2. The van der Waals surface area contributed by atoms with Gasteiger partial charge in [0.2, 0.25) is 17.5 Å². The van der Waals surface area contributed by atoms with Gasteiger partial charge in [0.05, 0.1) is 11.6 Å². The first-order valence-corrected chi connectivity index (χ1v) is 9.59. The summed E-state index contributed by atoms with van der Waals surface area (Å²) in [6.45, 7) is 0.267. The summed E-state index contributed by atoms with van der Waals surface area (Å²) >= 11 is 0.